The summed E-state index contributed by atoms with van der Waals surface area (Å²) >= 11 is 11.1. The van der Waals surface area contributed by atoms with E-state index in [0.29, 0.717) is 10.6 Å². The zero-order valence-corrected chi connectivity index (χ0v) is 12.1. The lowest BCUT2D eigenvalue weighted by Gasteiger charge is -2.25. The molecule has 0 saturated carbocycles. The normalized spacial score (nSPS) is 18.4. The van der Waals surface area contributed by atoms with Crippen LogP contribution in [0.25, 0.3) is 0 Å². The SMILES string of the molecule is COC(=O)C1CCCN1c1ccc(C(N)=S)c(Cl)c1. The predicted molar refractivity (Wildman–Crippen MR) is 79.7 cm³/mol. The van der Waals surface area contributed by atoms with E-state index in [2.05, 4.69) is 0 Å². The molecule has 1 saturated heterocycles. The molecule has 2 rings (SSSR count). The Labute approximate surface area is 122 Å². The Bertz CT molecular complexity index is 521. The minimum Gasteiger partial charge on any atom is -0.467 e. The largest absolute Gasteiger partial charge is 0.467 e. The second kappa shape index (κ2) is 5.75. The molecule has 1 aliphatic heterocycles. The van der Waals surface area contributed by atoms with Gasteiger partial charge in [-0.1, -0.05) is 23.8 Å². The molecule has 1 aliphatic rings. The summed E-state index contributed by atoms with van der Waals surface area (Å²) in [5.41, 5.74) is 7.11. The number of hydrogen-bond donors (Lipinski definition) is 1. The molecule has 1 unspecified atom stereocenters. The van der Waals surface area contributed by atoms with Crippen molar-refractivity contribution in [3.8, 4) is 0 Å². The van der Waals surface area contributed by atoms with Crippen LogP contribution in [0.15, 0.2) is 18.2 Å². The number of rotatable bonds is 3. The van der Waals surface area contributed by atoms with Gasteiger partial charge in [-0.05, 0) is 31.0 Å². The highest BCUT2D eigenvalue weighted by atomic mass is 35.5. The van der Waals surface area contributed by atoms with Gasteiger partial charge in [-0.15, -0.1) is 0 Å². The molecule has 1 atom stereocenters. The summed E-state index contributed by atoms with van der Waals surface area (Å²) in [7, 11) is 1.40. The number of methoxy groups -OCH3 is 1. The molecule has 0 aromatic heterocycles. The third kappa shape index (κ3) is 2.82. The average Bonchev–Trinajstić information content (AvgIpc) is 2.86. The lowest BCUT2D eigenvalue weighted by Crippen LogP contribution is -2.36. The molecule has 1 aromatic carbocycles. The van der Waals surface area contributed by atoms with Crippen molar-refractivity contribution in [1.29, 1.82) is 0 Å². The topological polar surface area (TPSA) is 55.6 Å². The number of anilines is 1. The highest BCUT2D eigenvalue weighted by Crippen LogP contribution is 2.30. The van der Waals surface area contributed by atoms with Crippen LogP contribution in [0.1, 0.15) is 18.4 Å². The van der Waals surface area contributed by atoms with E-state index in [9.17, 15) is 4.79 Å². The first-order valence-corrected chi connectivity index (χ1v) is 6.77. The van der Waals surface area contributed by atoms with Crippen LogP contribution in [0.2, 0.25) is 5.02 Å². The smallest absolute Gasteiger partial charge is 0.328 e. The molecule has 0 radical (unpaired) electrons. The van der Waals surface area contributed by atoms with Crippen LogP contribution >= 0.6 is 23.8 Å². The Hall–Kier alpha value is -1.33. The molecule has 0 spiro atoms. The Morgan fingerprint density at radius 1 is 1.58 bits per heavy atom. The van der Waals surface area contributed by atoms with Gasteiger partial charge in [-0.3, -0.25) is 0 Å². The van der Waals surface area contributed by atoms with Crippen molar-refractivity contribution in [2.75, 3.05) is 18.6 Å². The van der Waals surface area contributed by atoms with Gasteiger partial charge in [-0.2, -0.15) is 0 Å². The van der Waals surface area contributed by atoms with Gasteiger partial charge in [0.1, 0.15) is 11.0 Å². The first-order valence-electron chi connectivity index (χ1n) is 5.98. The highest BCUT2D eigenvalue weighted by molar-refractivity contribution is 7.80. The van der Waals surface area contributed by atoms with Crippen LogP contribution in [-0.2, 0) is 9.53 Å². The second-order valence-electron chi connectivity index (χ2n) is 4.40. The van der Waals surface area contributed by atoms with Crippen molar-refractivity contribution in [2.45, 2.75) is 18.9 Å². The van der Waals surface area contributed by atoms with Gasteiger partial charge >= 0.3 is 5.97 Å². The van der Waals surface area contributed by atoms with Crippen molar-refractivity contribution in [2.24, 2.45) is 5.73 Å². The quantitative estimate of drug-likeness (QED) is 0.684. The molecule has 1 heterocycles. The molecule has 102 valence electrons. The third-order valence-corrected chi connectivity index (χ3v) is 3.81. The van der Waals surface area contributed by atoms with Gasteiger partial charge in [0.15, 0.2) is 0 Å². The molecule has 4 nitrogen and oxygen atoms in total. The number of ether oxygens (including phenoxy) is 1. The summed E-state index contributed by atoms with van der Waals surface area (Å²) in [4.78, 5) is 14.0. The molecule has 0 aliphatic carbocycles. The second-order valence-corrected chi connectivity index (χ2v) is 5.25. The minimum atomic E-state index is -0.239. The van der Waals surface area contributed by atoms with E-state index in [1.54, 1.807) is 12.1 Å². The first kappa shape index (κ1) is 14.1. The zero-order chi connectivity index (χ0) is 14.0. The summed E-state index contributed by atoms with van der Waals surface area (Å²) in [5.74, 6) is -0.216. The summed E-state index contributed by atoms with van der Waals surface area (Å²) in [6.07, 6.45) is 1.75. The van der Waals surface area contributed by atoms with Crippen LogP contribution in [0.4, 0.5) is 5.69 Å². The third-order valence-electron chi connectivity index (χ3n) is 3.28. The van der Waals surface area contributed by atoms with Crippen molar-refractivity contribution in [3.63, 3.8) is 0 Å². The number of carbonyl (C=O) groups excluding carboxylic acids is 1. The Balaban J connectivity index is 2.29. The Morgan fingerprint density at radius 3 is 2.89 bits per heavy atom. The minimum absolute atomic E-state index is 0.216. The molecule has 0 amide bonds. The molecule has 0 bridgehead atoms. The fourth-order valence-electron chi connectivity index (χ4n) is 2.34. The maximum atomic E-state index is 11.7. The van der Waals surface area contributed by atoms with E-state index in [0.717, 1.165) is 25.1 Å². The number of benzene rings is 1. The van der Waals surface area contributed by atoms with Gasteiger partial charge in [0.05, 0.1) is 12.1 Å². The standard InChI is InChI=1S/C13H15ClN2O2S/c1-18-13(17)11-3-2-6-16(11)8-4-5-9(12(15)19)10(14)7-8/h4-5,7,11H,2-3,6H2,1H3,(H2,15,19). The fraction of sp³-hybridized carbons (Fsp3) is 0.385. The Morgan fingerprint density at radius 2 is 2.32 bits per heavy atom. The summed E-state index contributed by atoms with van der Waals surface area (Å²) in [6.45, 7) is 0.808. The molecule has 1 aromatic rings. The van der Waals surface area contributed by atoms with Gasteiger partial charge in [-0.25, -0.2) is 4.79 Å². The van der Waals surface area contributed by atoms with Crippen LogP contribution in [-0.4, -0.2) is 30.7 Å². The van der Waals surface area contributed by atoms with Gasteiger partial charge in [0.25, 0.3) is 0 Å². The van der Waals surface area contributed by atoms with Gasteiger partial charge in [0, 0.05) is 17.8 Å². The lowest BCUT2D eigenvalue weighted by molar-refractivity contribution is -0.141. The number of thiocarbonyl (C=S) groups is 1. The Kier molecular flexibility index (Phi) is 4.27. The highest BCUT2D eigenvalue weighted by Gasteiger charge is 2.31. The van der Waals surface area contributed by atoms with E-state index in [1.165, 1.54) is 7.11 Å². The van der Waals surface area contributed by atoms with Crippen molar-refractivity contribution >= 4 is 40.5 Å². The van der Waals surface area contributed by atoms with E-state index in [1.807, 2.05) is 11.0 Å². The van der Waals surface area contributed by atoms with Crippen molar-refractivity contribution < 1.29 is 9.53 Å². The van der Waals surface area contributed by atoms with E-state index < -0.39 is 0 Å². The number of nitrogens with two attached hydrogens (primary N) is 1. The number of halogens is 1. The number of hydrogen-bond acceptors (Lipinski definition) is 4. The number of nitrogens with zero attached hydrogens (tertiary/aromatic N) is 1. The van der Waals surface area contributed by atoms with Crippen LogP contribution in [0.5, 0.6) is 0 Å². The molecule has 1 fully saturated rings. The average molecular weight is 299 g/mol. The van der Waals surface area contributed by atoms with E-state index >= 15 is 0 Å². The summed E-state index contributed by atoms with van der Waals surface area (Å²) in [5, 5.41) is 0.500. The zero-order valence-electron chi connectivity index (χ0n) is 10.6. The summed E-state index contributed by atoms with van der Waals surface area (Å²) < 4.78 is 4.82. The number of carbonyl (C=O) groups is 1. The first-order chi connectivity index (χ1) is 9.04. The van der Waals surface area contributed by atoms with E-state index in [4.69, 9.17) is 34.3 Å². The van der Waals surface area contributed by atoms with E-state index in [-0.39, 0.29) is 17.0 Å². The fourth-order valence-corrected chi connectivity index (χ4v) is 2.85. The maximum Gasteiger partial charge on any atom is 0.328 e. The maximum absolute atomic E-state index is 11.7. The van der Waals surface area contributed by atoms with Crippen molar-refractivity contribution in [1.82, 2.24) is 0 Å². The van der Waals surface area contributed by atoms with Crippen molar-refractivity contribution in [3.05, 3.63) is 28.8 Å². The van der Waals surface area contributed by atoms with Gasteiger partial charge < -0.3 is 15.4 Å². The monoisotopic (exact) mass is 298 g/mol. The molecule has 2 N–H and O–H groups in total. The molecule has 19 heavy (non-hydrogen) atoms. The lowest BCUT2D eigenvalue weighted by atomic mass is 10.1. The van der Waals surface area contributed by atoms with Gasteiger partial charge in [0.2, 0.25) is 0 Å². The molecular weight excluding hydrogens is 284 g/mol. The summed E-state index contributed by atoms with van der Waals surface area (Å²) in [6, 6.07) is 5.21. The molecular formula is C13H15ClN2O2S. The number of esters is 1. The van der Waals surface area contributed by atoms with Crippen LogP contribution in [0, 0.1) is 0 Å². The predicted octanol–water partition coefficient (Wildman–Crippen LogP) is 2.12. The van der Waals surface area contributed by atoms with Crippen LogP contribution in [0.3, 0.4) is 0 Å². The van der Waals surface area contributed by atoms with Crippen LogP contribution < -0.4 is 10.6 Å². The molecule has 6 heteroatoms.